The Morgan fingerprint density at radius 2 is 2.18 bits per heavy atom. The van der Waals surface area contributed by atoms with Crippen molar-refractivity contribution < 1.29 is 27.6 Å². The van der Waals surface area contributed by atoms with Crippen molar-refractivity contribution in [3.63, 3.8) is 0 Å². The first-order valence-corrected chi connectivity index (χ1v) is 10.8. The van der Waals surface area contributed by atoms with E-state index in [9.17, 15) is 23.3 Å². The van der Waals surface area contributed by atoms with E-state index in [-0.39, 0.29) is 18.2 Å². The molecule has 1 aliphatic carbocycles. The number of nitro groups is 1. The average Bonchev–Trinajstić information content (AvgIpc) is 3.28. The van der Waals surface area contributed by atoms with E-state index < -0.39 is 23.0 Å². The van der Waals surface area contributed by atoms with Crippen LogP contribution in [0.15, 0.2) is 36.6 Å². The maximum atomic E-state index is 12.8. The minimum absolute atomic E-state index is 0.136. The summed E-state index contributed by atoms with van der Waals surface area (Å²) in [6.07, 6.45) is 1.31. The van der Waals surface area contributed by atoms with E-state index in [1.54, 1.807) is 28.9 Å². The number of hydrogen-bond acceptors (Lipinski definition) is 7. The molecule has 12 heteroatoms. The third kappa shape index (κ3) is 4.55. The smallest absolute Gasteiger partial charge is 0.436 e. The molecular weight excluding hydrogens is 455 g/mol. The molecule has 0 radical (unpaired) electrons. The average molecular weight is 477 g/mol. The van der Waals surface area contributed by atoms with Gasteiger partial charge in [-0.05, 0) is 29.9 Å². The van der Waals surface area contributed by atoms with Gasteiger partial charge in [-0.3, -0.25) is 19.2 Å². The molecule has 1 unspecified atom stereocenters. The van der Waals surface area contributed by atoms with E-state index in [4.69, 9.17) is 4.74 Å². The number of hydrogen-bond donors (Lipinski definition) is 0. The van der Waals surface area contributed by atoms with Gasteiger partial charge in [-0.25, -0.2) is 0 Å². The Morgan fingerprint density at radius 1 is 1.35 bits per heavy atom. The Bertz CT molecular complexity index is 1170. The highest BCUT2D eigenvalue weighted by Crippen LogP contribution is 2.34. The molecule has 3 aliphatic rings. The minimum Gasteiger partial charge on any atom is -0.436 e. The quantitative estimate of drug-likeness (QED) is 0.479. The van der Waals surface area contributed by atoms with Crippen molar-refractivity contribution in [2.75, 3.05) is 13.1 Å². The number of allylic oxidation sites excluding steroid dienone is 2. The molecule has 180 valence electrons. The fraction of sp³-hybridized carbons (Fsp3) is 0.455. The maximum Gasteiger partial charge on any atom is 0.523 e. The van der Waals surface area contributed by atoms with Gasteiger partial charge in [0.25, 0.3) is 0 Å². The highest BCUT2D eigenvalue weighted by molar-refractivity contribution is 5.69. The zero-order chi connectivity index (χ0) is 24.1. The van der Waals surface area contributed by atoms with Gasteiger partial charge in [0, 0.05) is 42.3 Å². The van der Waals surface area contributed by atoms with Gasteiger partial charge in [-0.1, -0.05) is 24.3 Å². The van der Waals surface area contributed by atoms with Crippen LogP contribution in [0, 0.1) is 10.1 Å². The molecule has 5 rings (SSSR count). The summed E-state index contributed by atoms with van der Waals surface area (Å²) in [6, 6.07) is 3.88. The highest BCUT2D eigenvalue weighted by Gasteiger charge is 2.42. The number of ether oxygens (including phenoxy) is 2. The number of fused-ring (bicyclic) bond motifs is 2. The summed E-state index contributed by atoms with van der Waals surface area (Å²) >= 11 is 0. The fourth-order valence-corrected chi connectivity index (χ4v) is 4.74. The van der Waals surface area contributed by atoms with E-state index >= 15 is 0 Å². The molecule has 0 fully saturated rings. The van der Waals surface area contributed by atoms with Gasteiger partial charge in [-0.2, -0.15) is 0 Å². The van der Waals surface area contributed by atoms with E-state index in [1.807, 2.05) is 13.0 Å². The molecule has 0 N–H and O–H groups in total. The van der Waals surface area contributed by atoms with E-state index in [1.165, 1.54) is 6.20 Å². The normalized spacial score (nSPS) is 24.4. The minimum atomic E-state index is -4.72. The van der Waals surface area contributed by atoms with Crippen LogP contribution < -0.4 is 4.74 Å². The van der Waals surface area contributed by atoms with Gasteiger partial charge in [0.1, 0.15) is 11.8 Å². The third-order valence-electron chi connectivity index (χ3n) is 6.12. The molecule has 0 saturated heterocycles. The third-order valence-corrected chi connectivity index (χ3v) is 6.12. The van der Waals surface area contributed by atoms with E-state index in [0.717, 1.165) is 11.3 Å². The second kappa shape index (κ2) is 8.20. The van der Waals surface area contributed by atoms with Crippen molar-refractivity contribution in [2.24, 2.45) is 0 Å². The summed E-state index contributed by atoms with van der Waals surface area (Å²) in [5, 5.41) is 10.9. The molecule has 0 aromatic carbocycles. The molecule has 0 bridgehead atoms. The van der Waals surface area contributed by atoms with Crippen LogP contribution in [-0.4, -0.2) is 55.5 Å². The van der Waals surface area contributed by atoms with Crippen molar-refractivity contribution in [3.8, 4) is 6.01 Å². The Labute approximate surface area is 192 Å². The summed E-state index contributed by atoms with van der Waals surface area (Å²) < 4.78 is 50.4. The lowest BCUT2D eigenvalue weighted by molar-refractivity contribution is -0.389. The van der Waals surface area contributed by atoms with Crippen molar-refractivity contribution in [2.45, 2.75) is 50.9 Å². The second-order valence-electron chi connectivity index (χ2n) is 8.92. The summed E-state index contributed by atoms with van der Waals surface area (Å²) in [7, 11) is 0. The number of halogens is 3. The van der Waals surface area contributed by atoms with Crippen LogP contribution in [0.2, 0.25) is 0 Å². The van der Waals surface area contributed by atoms with Gasteiger partial charge >= 0.3 is 18.2 Å². The van der Waals surface area contributed by atoms with E-state index in [0.29, 0.717) is 43.9 Å². The number of imidazole rings is 1. The summed E-state index contributed by atoms with van der Waals surface area (Å²) in [5.41, 5.74) is 2.19. The topological polar surface area (TPSA) is 95.6 Å². The lowest BCUT2D eigenvalue weighted by Crippen LogP contribution is -2.46. The van der Waals surface area contributed by atoms with Crippen molar-refractivity contribution in [1.82, 2.24) is 19.4 Å². The van der Waals surface area contributed by atoms with E-state index in [2.05, 4.69) is 19.6 Å². The molecule has 2 aromatic rings. The highest BCUT2D eigenvalue weighted by atomic mass is 19.4. The SMILES string of the molecule is C[C@]1(CN2CCc3nc(C4=CC=CCC4OC(F)(F)F)ccc3C2)Cn2cc([N+](=O)[O-])nc2O1. The van der Waals surface area contributed by atoms with Crippen LogP contribution in [-0.2, 0) is 24.2 Å². The van der Waals surface area contributed by atoms with Crippen LogP contribution in [0.1, 0.15) is 30.3 Å². The molecule has 9 nitrogen and oxygen atoms in total. The standard InChI is InChI=1S/C22H22F3N5O4/c1-21(13-29-11-19(30(31)32)27-20(29)34-21)12-28-9-8-16-14(10-28)6-7-17(26-16)15-4-2-3-5-18(15)33-22(23,24)25/h2-4,6-7,11,18H,5,8-10,12-13H2,1H3/t18?,21-/m0/s1. The Kier molecular flexibility index (Phi) is 5.44. The predicted octanol–water partition coefficient (Wildman–Crippen LogP) is 3.64. The van der Waals surface area contributed by atoms with Crippen LogP contribution >= 0.6 is 0 Å². The van der Waals surface area contributed by atoms with Crippen LogP contribution in [0.5, 0.6) is 6.01 Å². The predicted molar refractivity (Wildman–Crippen MR) is 114 cm³/mol. The molecule has 2 atom stereocenters. The monoisotopic (exact) mass is 477 g/mol. The lowest BCUT2D eigenvalue weighted by Gasteiger charge is -2.34. The Hall–Kier alpha value is -3.25. The number of aromatic nitrogens is 3. The van der Waals surface area contributed by atoms with Gasteiger partial charge in [0.05, 0.1) is 18.3 Å². The molecule has 0 spiro atoms. The van der Waals surface area contributed by atoms with Crippen molar-refractivity contribution >= 4 is 11.4 Å². The largest absolute Gasteiger partial charge is 0.523 e. The van der Waals surface area contributed by atoms with Crippen LogP contribution in [0.4, 0.5) is 19.0 Å². The number of pyridine rings is 1. The molecule has 0 saturated carbocycles. The summed E-state index contributed by atoms with van der Waals surface area (Å²) in [4.78, 5) is 21.1. The summed E-state index contributed by atoms with van der Waals surface area (Å²) in [5.74, 6) is -0.239. The number of rotatable bonds is 5. The van der Waals surface area contributed by atoms with Gasteiger partial charge < -0.3 is 14.9 Å². The Morgan fingerprint density at radius 3 is 2.91 bits per heavy atom. The maximum absolute atomic E-state index is 12.8. The molecule has 0 amide bonds. The second-order valence-corrected chi connectivity index (χ2v) is 8.92. The van der Waals surface area contributed by atoms with Crippen LogP contribution in [0.3, 0.4) is 0 Å². The zero-order valence-electron chi connectivity index (χ0n) is 18.3. The number of alkyl halides is 3. The first-order chi connectivity index (χ1) is 16.1. The number of nitrogens with zero attached hydrogens (tertiary/aromatic N) is 5. The zero-order valence-corrected chi connectivity index (χ0v) is 18.3. The molecule has 34 heavy (non-hydrogen) atoms. The Balaban J connectivity index is 1.26. The first kappa shape index (κ1) is 22.5. The van der Waals surface area contributed by atoms with Crippen molar-refractivity contribution in [1.29, 1.82) is 0 Å². The molecule has 2 aromatic heterocycles. The van der Waals surface area contributed by atoms with Crippen molar-refractivity contribution in [3.05, 3.63) is 63.6 Å². The van der Waals surface area contributed by atoms with Crippen LogP contribution in [0.25, 0.3) is 5.57 Å². The fourth-order valence-electron chi connectivity index (χ4n) is 4.74. The summed E-state index contributed by atoms with van der Waals surface area (Å²) in [6.45, 7) is 4.29. The molecule has 2 aliphatic heterocycles. The van der Waals surface area contributed by atoms with Gasteiger partial charge in [0.2, 0.25) is 0 Å². The first-order valence-electron chi connectivity index (χ1n) is 10.8. The lowest BCUT2D eigenvalue weighted by atomic mass is 9.96. The molecule has 4 heterocycles. The van der Waals surface area contributed by atoms with Gasteiger partial charge in [-0.15, -0.1) is 13.2 Å². The molecular formula is C22H22F3N5O4. The van der Waals surface area contributed by atoms with Gasteiger partial charge in [0.15, 0.2) is 0 Å².